The Morgan fingerprint density at radius 3 is 1.79 bits per heavy atom. The lowest BCUT2D eigenvalue weighted by Crippen LogP contribution is -2.35. The fourth-order valence-corrected chi connectivity index (χ4v) is 3.82. The molecule has 0 aromatic heterocycles. The minimum Gasteiger partial charge on any atom is -0.393 e. The number of aliphatic hydroxyl groups is 1. The minimum absolute atomic E-state index is 0.0313. The van der Waals surface area contributed by atoms with Crippen molar-refractivity contribution in [3.63, 3.8) is 0 Å². The van der Waals surface area contributed by atoms with Crippen LogP contribution in [-0.2, 0) is 0 Å². The topological polar surface area (TPSA) is 20.2 Å². The van der Waals surface area contributed by atoms with Crippen LogP contribution in [0.15, 0.2) is 24.3 Å². The lowest BCUT2D eigenvalue weighted by atomic mass is 9.70. The molecule has 1 aromatic carbocycles. The number of hydrogen-bond donors (Lipinski definition) is 1. The van der Waals surface area contributed by atoms with Gasteiger partial charge >= 0.3 is 0 Å². The summed E-state index contributed by atoms with van der Waals surface area (Å²) < 4.78 is 0. The normalized spacial score (nSPS) is 34.8. The molecule has 1 heteroatoms. The second-order valence-corrected chi connectivity index (χ2v) is 7.21. The molecule has 2 aliphatic rings. The van der Waals surface area contributed by atoms with E-state index in [0.29, 0.717) is 5.41 Å². The molecular weight excluding hydrogens is 232 g/mol. The third-order valence-corrected chi connectivity index (χ3v) is 6.17. The Labute approximate surface area is 118 Å². The van der Waals surface area contributed by atoms with E-state index < -0.39 is 0 Å². The van der Waals surface area contributed by atoms with Crippen LogP contribution in [0.3, 0.4) is 0 Å². The van der Waals surface area contributed by atoms with Gasteiger partial charge in [0.1, 0.15) is 0 Å². The van der Waals surface area contributed by atoms with E-state index in [1.807, 2.05) is 0 Å². The quantitative estimate of drug-likeness (QED) is 0.728. The first-order valence-electron chi connectivity index (χ1n) is 7.49. The molecule has 0 spiro atoms. The molecular formula is C18H28O. The first kappa shape index (κ1) is 14.6. The van der Waals surface area contributed by atoms with Gasteiger partial charge in [-0.3, -0.25) is 0 Å². The fraction of sp³-hybridized carbons (Fsp3) is 0.667. The van der Waals surface area contributed by atoms with Crippen LogP contribution in [0.1, 0.15) is 51.2 Å². The van der Waals surface area contributed by atoms with Crippen LogP contribution in [0.2, 0.25) is 0 Å². The van der Waals surface area contributed by atoms with E-state index in [0.717, 1.165) is 12.3 Å². The molecule has 0 heterocycles. The molecule has 1 nitrogen and oxygen atoms in total. The molecule has 2 fully saturated rings. The van der Waals surface area contributed by atoms with Crippen LogP contribution >= 0.6 is 0 Å². The Morgan fingerprint density at radius 2 is 1.58 bits per heavy atom. The average molecular weight is 260 g/mol. The standard InChI is InChI=1S/C10H18O.C8H10/c1-9(2)7-4-5-10(9,3)8(11)6-7;1-7-5-3-4-6-8(7)2/h7-8,11H,4-6H2,1-3H3;3-6H,1-2H3/t7-,8+,10-;/m1./s1. The number of aryl methyl sites for hydroxylation is 2. The lowest BCUT2D eigenvalue weighted by Gasteiger charge is -2.36. The van der Waals surface area contributed by atoms with Gasteiger partial charge in [0.05, 0.1) is 6.10 Å². The number of aliphatic hydroxyl groups excluding tert-OH is 1. The van der Waals surface area contributed by atoms with E-state index >= 15 is 0 Å². The molecule has 0 aliphatic heterocycles. The molecule has 2 saturated carbocycles. The SMILES string of the molecule is CC1(C)[C@@H]2CC[C@]1(C)[C@@H](O)C2.Cc1ccccc1C. The zero-order chi connectivity index (χ0) is 14.3. The van der Waals surface area contributed by atoms with Crippen LogP contribution in [0.25, 0.3) is 0 Å². The summed E-state index contributed by atoms with van der Waals surface area (Å²) in [4.78, 5) is 0. The van der Waals surface area contributed by atoms with E-state index in [1.165, 1.54) is 24.0 Å². The van der Waals surface area contributed by atoms with E-state index in [-0.39, 0.29) is 11.5 Å². The van der Waals surface area contributed by atoms with Gasteiger partial charge in [-0.2, -0.15) is 0 Å². The lowest BCUT2D eigenvalue weighted by molar-refractivity contribution is 0.0126. The Morgan fingerprint density at radius 1 is 1.05 bits per heavy atom. The van der Waals surface area contributed by atoms with Gasteiger partial charge in [0.2, 0.25) is 0 Å². The predicted molar refractivity (Wildman–Crippen MR) is 81.2 cm³/mol. The first-order valence-corrected chi connectivity index (χ1v) is 7.49. The monoisotopic (exact) mass is 260 g/mol. The molecule has 1 N–H and O–H groups in total. The maximum Gasteiger partial charge on any atom is 0.0601 e. The van der Waals surface area contributed by atoms with Gasteiger partial charge in [-0.1, -0.05) is 45.0 Å². The third kappa shape index (κ3) is 2.33. The third-order valence-electron chi connectivity index (χ3n) is 6.17. The summed E-state index contributed by atoms with van der Waals surface area (Å²) in [6, 6.07) is 8.36. The van der Waals surface area contributed by atoms with E-state index in [1.54, 1.807) is 0 Å². The zero-order valence-corrected chi connectivity index (χ0v) is 13.0. The van der Waals surface area contributed by atoms with Crippen LogP contribution in [0.4, 0.5) is 0 Å². The zero-order valence-electron chi connectivity index (χ0n) is 13.0. The highest BCUT2D eigenvalue weighted by Crippen LogP contribution is 2.65. The van der Waals surface area contributed by atoms with Crippen LogP contribution in [0.5, 0.6) is 0 Å². The molecule has 3 atom stereocenters. The second kappa shape index (κ2) is 4.94. The maximum absolute atomic E-state index is 9.81. The highest BCUT2D eigenvalue weighted by Gasteiger charge is 2.60. The molecule has 0 saturated heterocycles. The van der Waals surface area contributed by atoms with Crippen molar-refractivity contribution in [2.75, 3.05) is 0 Å². The first-order chi connectivity index (χ1) is 8.79. The van der Waals surface area contributed by atoms with E-state index in [9.17, 15) is 5.11 Å². The van der Waals surface area contributed by atoms with Gasteiger partial charge in [-0.05, 0) is 61.0 Å². The number of rotatable bonds is 0. The van der Waals surface area contributed by atoms with Gasteiger partial charge in [-0.15, -0.1) is 0 Å². The second-order valence-electron chi connectivity index (χ2n) is 7.21. The Bertz CT molecular complexity index is 428. The summed E-state index contributed by atoms with van der Waals surface area (Å²) in [6.45, 7) is 11.1. The maximum atomic E-state index is 9.81. The summed E-state index contributed by atoms with van der Waals surface area (Å²) in [6.07, 6.45) is 3.58. The summed E-state index contributed by atoms with van der Waals surface area (Å²) in [5.41, 5.74) is 3.34. The van der Waals surface area contributed by atoms with Gasteiger partial charge in [0.15, 0.2) is 0 Å². The minimum atomic E-state index is -0.0313. The van der Waals surface area contributed by atoms with Crippen LogP contribution in [-0.4, -0.2) is 11.2 Å². The van der Waals surface area contributed by atoms with Gasteiger partial charge in [-0.25, -0.2) is 0 Å². The summed E-state index contributed by atoms with van der Waals surface area (Å²) in [5.74, 6) is 0.780. The highest BCUT2D eigenvalue weighted by atomic mass is 16.3. The molecule has 2 aliphatic carbocycles. The van der Waals surface area contributed by atoms with Gasteiger partial charge < -0.3 is 5.11 Å². The molecule has 0 amide bonds. The molecule has 0 radical (unpaired) electrons. The largest absolute Gasteiger partial charge is 0.393 e. The van der Waals surface area contributed by atoms with Crippen molar-refractivity contribution in [2.45, 2.75) is 60.0 Å². The Balaban J connectivity index is 0.000000148. The molecule has 1 aromatic rings. The molecule has 2 bridgehead atoms. The molecule has 106 valence electrons. The van der Waals surface area contributed by atoms with E-state index in [4.69, 9.17) is 0 Å². The van der Waals surface area contributed by atoms with Gasteiger partial charge in [0.25, 0.3) is 0 Å². The molecule has 0 unspecified atom stereocenters. The van der Waals surface area contributed by atoms with Crippen molar-refractivity contribution in [2.24, 2.45) is 16.7 Å². The van der Waals surface area contributed by atoms with Crippen molar-refractivity contribution < 1.29 is 5.11 Å². The average Bonchev–Trinajstić information content (AvgIpc) is 2.67. The summed E-state index contributed by atoms with van der Waals surface area (Å²) in [7, 11) is 0. The Kier molecular flexibility index (Phi) is 3.79. The van der Waals surface area contributed by atoms with Crippen LogP contribution < -0.4 is 0 Å². The van der Waals surface area contributed by atoms with Crippen molar-refractivity contribution in [1.29, 1.82) is 0 Å². The van der Waals surface area contributed by atoms with Crippen LogP contribution in [0, 0.1) is 30.6 Å². The number of hydrogen-bond acceptors (Lipinski definition) is 1. The fourth-order valence-electron chi connectivity index (χ4n) is 3.82. The van der Waals surface area contributed by atoms with Crippen molar-refractivity contribution in [3.05, 3.63) is 35.4 Å². The molecule has 19 heavy (non-hydrogen) atoms. The summed E-state index contributed by atoms with van der Waals surface area (Å²) >= 11 is 0. The number of fused-ring (bicyclic) bond motifs is 2. The van der Waals surface area contributed by atoms with E-state index in [2.05, 4.69) is 58.9 Å². The summed E-state index contributed by atoms with van der Waals surface area (Å²) in [5, 5.41) is 9.81. The molecule has 3 rings (SSSR count). The highest BCUT2D eigenvalue weighted by molar-refractivity contribution is 5.23. The van der Waals surface area contributed by atoms with Gasteiger partial charge in [0, 0.05) is 0 Å². The van der Waals surface area contributed by atoms with Crippen molar-refractivity contribution in [3.8, 4) is 0 Å². The van der Waals surface area contributed by atoms with Crippen molar-refractivity contribution >= 4 is 0 Å². The van der Waals surface area contributed by atoms with Crippen molar-refractivity contribution in [1.82, 2.24) is 0 Å². The smallest absolute Gasteiger partial charge is 0.0601 e. The Hall–Kier alpha value is -0.820. The number of benzene rings is 1. The predicted octanol–water partition coefficient (Wildman–Crippen LogP) is 4.50.